The average molecular weight is 315 g/mol. The molecule has 1 aromatic heterocycles. The second kappa shape index (κ2) is 5.10. The molecule has 0 atom stereocenters. The van der Waals surface area contributed by atoms with Gasteiger partial charge in [-0.25, -0.2) is 4.98 Å². The second-order valence-corrected chi connectivity index (χ2v) is 4.71. The molecule has 2 rings (SSSR count). The molecular formula is C11H6Cl3N5. The number of hydrogen-bond donors (Lipinski definition) is 2. The third kappa shape index (κ3) is 2.38. The van der Waals surface area contributed by atoms with Crippen LogP contribution in [0, 0.1) is 11.3 Å². The topological polar surface area (TPSA) is 102 Å². The standard InChI is InChI=1S/C11H6Cl3N5/c12-5-1-2-6(13)8(14)7(5)9-4(3-15)10(16)19-11(17)18-9/h1-2H,(H4,16,17,18,19). The number of nitrogens with two attached hydrogens (primary N) is 2. The zero-order valence-corrected chi connectivity index (χ0v) is 11.6. The lowest BCUT2D eigenvalue weighted by molar-refractivity contribution is 1.18. The van der Waals surface area contributed by atoms with E-state index < -0.39 is 0 Å². The molecule has 0 fully saturated rings. The van der Waals surface area contributed by atoms with Crippen molar-refractivity contribution >= 4 is 46.6 Å². The van der Waals surface area contributed by atoms with Crippen molar-refractivity contribution in [1.29, 1.82) is 5.26 Å². The number of rotatable bonds is 1. The van der Waals surface area contributed by atoms with Gasteiger partial charge in [0.15, 0.2) is 0 Å². The van der Waals surface area contributed by atoms with E-state index in [-0.39, 0.29) is 38.1 Å². The molecule has 0 aliphatic rings. The van der Waals surface area contributed by atoms with Gasteiger partial charge in [-0.05, 0) is 12.1 Å². The molecule has 4 N–H and O–H groups in total. The van der Waals surface area contributed by atoms with E-state index in [9.17, 15) is 0 Å². The van der Waals surface area contributed by atoms with E-state index in [1.54, 1.807) is 6.07 Å². The highest BCUT2D eigenvalue weighted by atomic mass is 35.5. The van der Waals surface area contributed by atoms with Gasteiger partial charge in [-0.3, -0.25) is 0 Å². The first kappa shape index (κ1) is 13.7. The first-order chi connectivity index (χ1) is 8.95. The number of hydrogen-bond acceptors (Lipinski definition) is 5. The fourth-order valence-corrected chi connectivity index (χ4v) is 2.24. The zero-order chi connectivity index (χ0) is 14.2. The Labute approximate surface area is 123 Å². The van der Waals surface area contributed by atoms with Gasteiger partial charge < -0.3 is 11.5 Å². The molecule has 5 nitrogen and oxygen atoms in total. The van der Waals surface area contributed by atoms with E-state index in [1.165, 1.54) is 6.07 Å². The van der Waals surface area contributed by atoms with Gasteiger partial charge in [0.2, 0.25) is 5.95 Å². The number of aromatic nitrogens is 2. The quantitative estimate of drug-likeness (QED) is 0.787. The van der Waals surface area contributed by atoms with Crippen LogP contribution < -0.4 is 11.5 Å². The zero-order valence-electron chi connectivity index (χ0n) is 9.28. The molecule has 0 aliphatic heterocycles. The Morgan fingerprint density at radius 1 is 1.05 bits per heavy atom. The lowest BCUT2D eigenvalue weighted by Crippen LogP contribution is -2.05. The van der Waals surface area contributed by atoms with Crippen LogP contribution in [0.3, 0.4) is 0 Å². The predicted octanol–water partition coefficient (Wildman–Crippen LogP) is 3.14. The Morgan fingerprint density at radius 2 is 1.68 bits per heavy atom. The van der Waals surface area contributed by atoms with Gasteiger partial charge in [-0.1, -0.05) is 34.8 Å². The summed E-state index contributed by atoms with van der Waals surface area (Å²) >= 11 is 18.1. The Balaban J connectivity index is 2.87. The minimum Gasteiger partial charge on any atom is -0.382 e. The van der Waals surface area contributed by atoms with Crippen molar-refractivity contribution < 1.29 is 0 Å². The van der Waals surface area contributed by atoms with E-state index in [0.717, 1.165) is 0 Å². The van der Waals surface area contributed by atoms with Gasteiger partial charge in [0, 0.05) is 5.56 Å². The van der Waals surface area contributed by atoms with Crippen molar-refractivity contribution in [2.45, 2.75) is 0 Å². The molecule has 1 heterocycles. The lowest BCUT2D eigenvalue weighted by atomic mass is 10.1. The van der Waals surface area contributed by atoms with Crippen LogP contribution in [0.15, 0.2) is 12.1 Å². The van der Waals surface area contributed by atoms with Crippen LogP contribution in [0.4, 0.5) is 11.8 Å². The van der Waals surface area contributed by atoms with E-state index in [1.807, 2.05) is 6.07 Å². The highest BCUT2D eigenvalue weighted by Crippen LogP contribution is 2.40. The first-order valence-electron chi connectivity index (χ1n) is 4.92. The first-order valence-corrected chi connectivity index (χ1v) is 6.06. The van der Waals surface area contributed by atoms with Crippen LogP contribution in [-0.4, -0.2) is 9.97 Å². The summed E-state index contributed by atoms with van der Waals surface area (Å²) in [4.78, 5) is 7.69. The van der Waals surface area contributed by atoms with Crippen molar-refractivity contribution in [3.63, 3.8) is 0 Å². The summed E-state index contributed by atoms with van der Waals surface area (Å²) in [7, 11) is 0. The second-order valence-electron chi connectivity index (χ2n) is 3.52. The van der Waals surface area contributed by atoms with E-state index in [0.29, 0.717) is 5.56 Å². The summed E-state index contributed by atoms with van der Waals surface area (Å²) < 4.78 is 0. The summed E-state index contributed by atoms with van der Waals surface area (Å²) in [6.45, 7) is 0. The Kier molecular flexibility index (Phi) is 3.67. The Hall–Kier alpha value is -1.74. The van der Waals surface area contributed by atoms with Crippen molar-refractivity contribution in [3.05, 3.63) is 32.8 Å². The van der Waals surface area contributed by atoms with Crippen LogP contribution in [0.25, 0.3) is 11.3 Å². The minimum atomic E-state index is -0.0846. The molecule has 2 aromatic rings. The van der Waals surface area contributed by atoms with E-state index in [4.69, 9.17) is 51.5 Å². The number of halogens is 3. The Bertz CT molecular complexity index is 708. The van der Waals surface area contributed by atoms with Gasteiger partial charge >= 0.3 is 0 Å². The van der Waals surface area contributed by atoms with Crippen LogP contribution >= 0.6 is 34.8 Å². The lowest BCUT2D eigenvalue weighted by Gasteiger charge is -2.10. The maximum Gasteiger partial charge on any atom is 0.222 e. The van der Waals surface area contributed by atoms with Crippen LogP contribution in [-0.2, 0) is 0 Å². The molecule has 0 saturated heterocycles. The molecule has 0 bridgehead atoms. The smallest absolute Gasteiger partial charge is 0.222 e. The molecule has 19 heavy (non-hydrogen) atoms. The highest BCUT2D eigenvalue weighted by Gasteiger charge is 2.19. The van der Waals surface area contributed by atoms with Gasteiger partial charge in [0.25, 0.3) is 0 Å². The number of benzene rings is 1. The molecular weight excluding hydrogens is 309 g/mol. The fraction of sp³-hybridized carbons (Fsp3) is 0. The van der Waals surface area contributed by atoms with Crippen molar-refractivity contribution in [2.75, 3.05) is 11.5 Å². The number of nitrogen functional groups attached to an aromatic ring is 2. The summed E-state index contributed by atoms with van der Waals surface area (Å²) in [5.41, 5.74) is 11.7. The van der Waals surface area contributed by atoms with Crippen LogP contribution in [0.5, 0.6) is 0 Å². The van der Waals surface area contributed by atoms with Gasteiger partial charge in [0.05, 0.1) is 20.8 Å². The molecule has 1 aromatic carbocycles. The summed E-state index contributed by atoms with van der Waals surface area (Å²) in [5, 5.41) is 9.86. The fourth-order valence-electron chi connectivity index (χ4n) is 1.53. The van der Waals surface area contributed by atoms with Gasteiger partial charge in [0.1, 0.15) is 17.5 Å². The molecule has 0 radical (unpaired) electrons. The monoisotopic (exact) mass is 313 g/mol. The maximum absolute atomic E-state index is 9.13. The van der Waals surface area contributed by atoms with Crippen LogP contribution in [0.1, 0.15) is 5.56 Å². The number of nitriles is 1. The Morgan fingerprint density at radius 3 is 2.32 bits per heavy atom. The summed E-state index contributed by atoms with van der Waals surface area (Å²) in [6.07, 6.45) is 0. The van der Waals surface area contributed by atoms with Crippen molar-refractivity contribution in [2.24, 2.45) is 0 Å². The molecule has 0 spiro atoms. The molecule has 0 aliphatic carbocycles. The summed E-state index contributed by atoms with van der Waals surface area (Å²) in [6, 6.07) is 4.98. The number of nitrogens with zero attached hydrogens (tertiary/aromatic N) is 3. The normalized spacial score (nSPS) is 10.2. The number of anilines is 2. The molecule has 0 amide bonds. The van der Waals surface area contributed by atoms with Gasteiger partial charge in [-0.2, -0.15) is 10.2 Å². The van der Waals surface area contributed by atoms with E-state index in [2.05, 4.69) is 9.97 Å². The third-order valence-corrected chi connectivity index (χ3v) is 3.47. The average Bonchev–Trinajstić information content (AvgIpc) is 2.34. The molecule has 96 valence electrons. The highest BCUT2D eigenvalue weighted by molar-refractivity contribution is 6.46. The SMILES string of the molecule is N#Cc1c(N)nc(N)nc1-c1c(Cl)ccc(Cl)c1Cl. The van der Waals surface area contributed by atoms with Crippen molar-refractivity contribution in [3.8, 4) is 17.3 Å². The third-order valence-electron chi connectivity index (χ3n) is 2.35. The van der Waals surface area contributed by atoms with Gasteiger partial charge in [-0.15, -0.1) is 0 Å². The molecule has 8 heteroatoms. The minimum absolute atomic E-state index is 0.0419. The van der Waals surface area contributed by atoms with E-state index >= 15 is 0 Å². The molecule has 0 saturated carbocycles. The largest absolute Gasteiger partial charge is 0.382 e. The van der Waals surface area contributed by atoms with Crippen LogP contribution in [0.2, 0.25) is 15.1 Å². The molecule has 0 unspecified atom stereocenters. The predicted molar refractivity (Wildman–Crippen MR) is 76.0 cm³/mol. The summed E-state index contributed by atoms with van der Waals surface area (Å²) in [5.74, 6) is -0.129. The van der Waals surface area contributed by atoms with Crippen molar-refractivity contribution in [1.82, 2.24) is 9.97 Å². The maximum atomic E-state index is 9.13.